The van der Waals surface area contributed by atoms with Crippen LogP contribution in [-0.4, -0.2) is 59.0 Å². The van der Waals surface area contributed by atoms with Gasteiger partial charge in [0, 0.05) is 17.7 Å². The van der Waals surface area contributed by atoms with Gasteiger partial charge in [-0.05, 0) is 55.2 Å². The van der Waals surface area contributed by atoms with Crippen LogP contribution in [0.4, 0.5) is 26.7 Å². The highest BCUT2D eigenvalue weighted by Crippen LogP contribution is 2.44. The molecule has 8 nitrogen and oxygen atoms in total. The molecule has 45 heavy (non-hydrogen) atoms. The average molecular weight is 640 g/mol. The summed E-state index contributed by atoms with van der Waals surface area (Å²) >= 11 is 0. The Morgan fingerprint density at radius 3 is 2.47 bits per heavy atom. The number of fused-ring (bicyclic) bond motifs is 5. The van der Waals surface area contributed by atoms with Crippen molar-refractivity contribution in [3.63, 3.8) is 0 Å². The van der Waals surface area contributed by atoms with E-state index in [9.17, 15) is 27.6 Å². The summed E-state index contributed by atoms with van der Waals surface area (Å²) in [4.78, 5) is 44.6. The maximum absolute atomic E-state index is 15.9. The van der Waals surface area contributed by atoms with E-state index < -0.39 is 77.0 Å². The van der Waals surface area contributed by atoms with Crippen molar-refractivity contribution in [2.75, 3.05) is 6.54 Å². The number of nitrogens with one attached hydrogen (secondary N) is 1. The van der Waals surface area contributed by atoms with Crippen LogP contribution < -0.4 is 10.1 Å². The number of carbonyl (C=O) groups excluding carboxylic acids is 3. The second kappa shape index (κ2) is 12.0. The number of aldehydes is 1. The monoisotopic (exact) mass is 639 g/mol. The number of alkyl carbamates (subject to hydrolysis) is 1. The van der Waals surface area contributed by atoms with E-state index >= 15 is 8.78 Å². The lowest BCUT2D eigenvalue weighted by atomic mass is 9.85. The van der Waals surface area contributed by atoms with Gasteiger partial charge in [-0.2, -0.15) is 13.2 Å². The third-order valence-corrected chi connectivity index (χ3v) is 9.12. The number of alkyl halides is 5. The van der Waals surface area contributed by atoms with Gasteiger partial charge in [0.25, 0.3) is 5.92 Å². The zero-order valence-corrected chi connectivity index (χ0v) is 25.6. The van der Waals surface area contributed by atoms with Crippen LogP contribution in [0, 0.1) is 17.3 Å². The molecule has 246 valence electrons. The molecule has 2 fully saturated rings. The number of pyridine rings is 1. The zero-order valence-electron chi connectivity index (χ0n) is 25.6. The van der Waals surface area contributed by atoms with Gasteiger partial charge >= 0.3 is 12.3 Å². The molecule has 1 saturated carbocycles. The number of amides is 2. The number of aromatic nitrogens is 1. The Kier molecular flexibility index (Phi) is 8.78. The van der Waals surface area contributed by atoms with Crippen molar-refractivity contribution in [1.82, 2.24) is 15.2 Å². The summed E-state index contributed by atoms with van der Waals surface area (Å²) in [6.45, 7) is 6.82. The minimum absolute atomic E-state index is 0.0141. The van der Waals surface area contributed by atoms with Gasteiger partial charge in [-0.15, -0.1) is 0 Å². The maximum atomic E-state index is 15.9. The predicted molar refractivity (Wildman–Crippen MR) is 154 cm³/mol. The molecule has 3 aliphatic rings. The van der Waals surface area contributed by atoms with Crippen LogP contribution in [0.15, 0.2) is 24.3 Å². The van der Waals surface area contributed by atoms with Crippen LogP contribution >= 0.6 is 0 Å². The summed E-state index contributed by atoms with van der Waals surface area (Å²) in [6.07, 6.45) is -4.76. The topological polar surface area (TPSA) is 97.8 Å². The first-order valence-corrected chi connectivity index (χ1v) is 15.3. The largest absolute Gasteiger partial charge is 0.472 e. The molecule has 2 amide bonds. The van der Waals surface area contributed by atoms with Crippen molar-refractivity contribution in [3.05, 3.63) is 35.4 Å². The minimum Gasteiger partial charge on any atom is -0.472 e. The van der Waals surface area contributed by atoms with E-state index in [1.807, 2.05) is 0 Å². The molecule has 1 aromatic carbocycles. The Bertz CT molecular complexity index is 1460. The van der Waals surface area contributed by atoms with E-state index in [1.54, 1.807) is 27.7 Å². The fourth-order valence-electron chi connectivity index (χ4n) is 6.42. The van der Waals surface area contributed by atoms with Crippen LogP contribution in [0.1, 0.15) is 77.3 Å². The second-order valence-corrected chi connectivity index (χ2v) is 13.4. The molecular formula is C32H38F5N3O5. The molecule has 1 aliphatic carbocycles. The average Bonchev–Trinajstić information content (AvgIpc) is 3.59. The predicted octanol–water partition coefficient (Wildman–Crippen LogP) is 6.63. The van der Waals surface area contributed by atoms with Crippen LogP contribution in [0.5, 0.6) is 5.88 Å². The summed E-state index contributed by atoms with van der Waals surface area (Å²) in [6, 6.07) is 1.72. The van der Waals surface area contributed by atoms with Gasteiger partial charge in [0.05, 0.1) is 29.2 Å². The molecule has 6 atom stereocenters. The van der Waals surface area contributed by atoms with Gasteiger partial charge in [-0.1, -0.05) is 40.2 Å². The number of hydrogen-bond donors (Lipinski definition) is 1. The zero-order chi connectivity index (χ0) is 32.9. The second-order valence-electron chi connectivity index (χ2n) is 13.4. The Hall–Kier alpha value is -3.51. The first kappa shape index (κ1) is 32.9. The SMILES string of the molecule is CC[C@@H]1[C@@H]2CN(C(=O)[C@H](C(C)(C)C)NC(=O)O[C@@H]3C[C@H]3CCCCC(F)(F)c3cc4ccc(C(F)(F)F)cc4nc3O2)[C@@H]1C=O. The molecule has 5 rings (SSSR count). The van der Waals surface area contributed by atoms with Crippen LogP contribution in [-0.2, 0) is 26.4 Å². The molecule has 1 N–H and O–H groups in total. The number of halogens is 5. The summed E-state index contributed by atoms with van der Waals surface area (Å²) < 4.78 is 83.9. The van der Waals surface area contributed by atoms with E-state index in [2.05, 4.69) is 10.3 Å². The van der Waals surface area contributed by atoms with Gasteiger partial charge in [0.2, 0.25) is 11.8 Å². The van der Waals surface area contributed by atoms with Crippen LogP contribution in [0.3, 0.4) is 0 Å². The van der Waals surface area contributed by atoms with Gasteiger partial charge in [0.15, 0.2) is 0 Å². The maximum Gasteiger partial charge on any atom is 0.416 e. The fraction of sp³-hybridized carbons (Fsp3) is 0.625. The van der Waals surface area contributed by atoms with E-state index in [0.29, 0.717) is 32.0 Å². The van der Waals surface area contributed by atoms with E-state index in [4.69, 9.17) is 9.47 Å². The highest BCUT2D eigenvalue weighted by Gasteiger charge is 2.50. The van der Waals surface area contributed by atoms with Crippen molar-refractivity contribution in [2.24, 2.45) is 17.3 Å². The number of ether oxygens (including phenoxy) is 2. The first-order valence-electron chi connectivity index (χ1n) is 15.3. The number of rotatable bonds is 2. The van der Waals surface area contributed by atoms with Gasteiger partial charge in [0.1, 0.15) is 24.5 Å². The van der Waals surface area contributed by atoms with Crippen LogP contribution in [0.2, 0.25) is 0 Å². The molecule has 13 heteroatoms. The molecule has 3 heterocycles. The Labute approximate surface area is 258 Å². The Morgan fingerprint density at radius 2 is 1.82 bits per heavy atom. The molecule has 2 aliphatic heterocycles. The lowest BCUT2D eigenvalue weighted by Gasteiger charge is -2.34. The molecular weight excluding hydrogens is 601 g/mol. The molecule has 2 aromatic rings. The normalized spacial score (nSPS) is 29.4. The quantitative estimate of drug-likeness (QED) is 0.293. The highest BCUT2D eigenvalue weighted by atomic mass is 19.4. The number of carbonyl (C=O) groups is 3. The molecule has 1 saturated heterocycles. The lowest BCUT2D eigenvalue weighted by Crippen LogP contribution is -2.56. The molecule has 1 aromatic heterocycles. The number of hydrogen-bond acceptors (Lipinski definition) is 6. The first-order chi connectivity index (χ1) is 21.0. The van der Waals surface area contributed by atoms with Crippen molar-refractivity contribution in [1.29, 1.82) is 0 Å². The Morgan fingerprint density at radius 1 is 1.09 bits per heavy atom. The smallest absolute Gasteiger partial charge is 0.416 e. The van der Waals surface area contributed by atoms with E-state index in [0.717, 1.165) is 24.3 Å². The third-order valence-electron chi connectivity index (χ3n) is 9.12. The van der Waals surface area contributed by atoms with Gasteiger partial charge in [-0.25, -0.2) is 18.6 Å². The van der Waals surface area contributed by atoms with Gasteiger partial charge in [-0.3, -0.25) is 4.79 Å². The fourth-order valence-corrected chi connectivity index (χ4v) is 6.42. The van der Waals surface area contributed by atoms with Crippen molar-refractivity contribution in [3.8, 4) is 5.88 Å². The summed E-state index contributed by atoms with van der Waals surface area (Å²) in [5, 5.41) is 2.77. The Balaban J connectivity index is 1.59. The number of nitrogens with zero attached hydrogens (tertiary/aromatic N) is 2. The summed E-state index contributed by atoms with van der Waals surface area (Å²) in [5.41, 5.74) is -2.52. The summed E-state index contributed by atoms with van der Waals surface area (Å²) in [5.74, 6) is -5.18. The minimum atomic E-state index is -4.68. The highest BCUT2D eigenvalue weighted by molar-refractivity contribution is 5.89. The van der Waals surface area contributed by atoms with Crippen molar-refractivity contribution in [2.45, 2.75) is 103 Å². The van der Waals surface area contributed by atoms with Crippen molar-refractivity contribution >= 4 is 29.2 Å². The number of benzene rings is 1. The standard InChI is InChI=1S/C32H38F5N3O5/c1-5-20-23(16-41)40-15-25(20)44-27-21(12-17-9-10-19(32(35,36)37)14-22(17)38-27)31(33,34)11-7-6-8-18-13-24(18)45-29(43)39-26(28(40)42)30(2,3)4/h9-10,12,14,16,18,20,23-26H,5-8,11,13,15H2,1-4H3,(H,39,43)/t18-,20+,23-,24-,25+,26-/m1/s1. The van der Waals surface area contributed by atoms with Crippen LogP contribution in [0.25, 0.3) is 10.9 Å². The molecule has 2 bridgehead atoms. The van der Waals surface area contributed by atoms with Crippen molar-refractivity contribution < 1.29 is 45.8 Å². The van der Waals surface area contributed by atoms with Gasteiger partial charge < -0.3 is 24.5 Å². The molecule has 0 radical (unpaired) electrons. The van der Waals surface area contributed by atoms with E-state index in [-0.39, 0.29) is 35.9 Å². The lowest BCUT2D eigenvalue weighted by molar-refractivity contribution is -0.139. The summed E-state index contributed by atoms with van der Waals surface area (Å²) in [7, 11) is 0. The van der Waals surface area contributed by atoms with E-state index in [1.165, 1.54) is 4.90 Å². The molecule has 0 unspecified atom stereocenters. The third kappa shape index (κ3) is 6.86. The molecule has 0 spiro atoms.